The van der Waals surface area contributed by atoms with E-state index in [0.29, 0.717) is 16.6 Å². The van der Waals surface area contributed by atoms with E-state index in [1.165, 1.54) is 16.9 Å². The van der Waals surface area contributed by atoms with Crippen molar-refractivity contribution >= 4 is 22.4 Å². The molecule has 1 unspecified atom stereocenters. The van der Waals surface area contributed by atoms with E-state index in [0.717, 1.165) is 22.6 Å². The number of amides is 1. The first kappa shape index (κ1) is 19.0. The van der Waals surface area contributed by atoms with Gasteiger partial charge in [0.15, 0.2) is 0 Å². The Bertz CT molecular complexity index is 1080. The number of hydrogen-bond donors (Lipinski definition) is 1. The smallest absolute Gasteiger partial charge is 0.257 e. The van der Waals surface area contributed by atoms with Crippen molar-refractivity contribution in [2.75, 3.05) is 5.32 Å². The second-order valence-electron chi connectivity index (χ2n) is 6.91. The molecule has 0 aliphatic heterocycles. The highest BCUT2D eigenvalue weighted by atomic mass is 32.1. The minimum atomic E-state index is -0.177. The lowest BCUT2D eigenvalue weighted by molar-refractivity contribution is 0.102. The number of carbonyl (C=O) groups excluding carboxylic acids is 1. The predicted octanol–water partition coefficient (Wildman–Crippen LogP) is 5.80. The number of nitrogens with one attached hydrogen (secondary N) is 1. The van der Waals surface area contributed by atoms with E-state index in [2.05, 4.69) is 34.6 Å². The molecule has 0 saturated carbocycles. The molecule has 0 spiro atoms. The number of aromatic nitrogens is 2. The van der Waals surface area contributed by atoms with Gasteiger partial charge in [-0.1, -0.05) is 91.1 Å². The minimum absolute atomic E-state index is 0.177. The Hall–Kier alpha value is -3.31. The number of carbonyl (C=O) groups is 1. The zero-order chi connectivity index (χ0) is 20.1. The summed E-state index contributed by atoms with van der Waals surface area (Å²) in [4.78, 5) is 12.5. The standard InChI is InChI=1S/C24H21N3OS/c1-17(18-8-4-2-5-9-18)16-22-26-27-24(29-22)25-23(28)21-14-12-20(13-15-21)19-10-6-3-7-11-19/h2-15,17H,16H2,1H3,(H,25,27,28). The van der Waals surface area contributed by atoms with E-state index < -0.39 is 0 Å². The van der Waals surface area contributed by atoms with Crippen LogP contribution in [0.4, 0.5) is 5.13 Å². The number of benzene rings is 3. The molecule has 0 saturated heterocycles. The fraction of sp³-hybridized carbons (Fsp3) is 0.125. The Morgan fingerprint density at radius 2 is 1.48 bits per heavy atom. The summed E-state index contributed by atoms with van der Waals surface area (Å²) in [7, 11) is 0. The lowest BCUT2D eigenvalue weighted by Gasteiger charge is -2.08. The normalized spacial score (nSPS) is 11.8. The maximum absolute atomic E-state index is 12.5. The average molecular weight is 400 g/mol. The zero-order valence-electron chi connectivity index (χ0n) is 16.1. The van der Waals surface area contributed by atoms with Crippen molar-refractivity contribution in [3.63, 3.8) is 0 Å². The largest absolute Gasteiger partial charge is 0.296 e. The molecule has 1 heterocycles. The molecule has 4 aromatic rings. The number of rotatable bonds is 6. The van der Waals surface area contributed by atoms with Crippen molar-refractivity contribution in [1.82, 2.24) is 10.2 Å². The SMILES string of the molecule is CC(Cc1nnc(NC(=O)c2ccc(-c3ccccc3)cc2)s1)c1ccccc1. The lowest BCUT2D eigenvalue weighted by atomic mass is 9.98. The van der Waals surface area contributed by atoms with Gasteiger partial charge < -0.3 is 0 Å². The topological polar surface area (TPSA) is 54.9 Å². The van der Waals surface area contributed by atoms with Gasteiger partial charge in [-0.25, -0.2) is 0 Å². The molecule has 1 aromatic heterocycles. The summed E-state index contributed by atoms with van der Waals surface area (Å²) >= 11 is 1.42. The molecule has 4 nitrogen and oxygen atoms in total. The molecular formula is C24H21N3OS. The highest BCUT2D eigenvalue weighted by Crippen LogP contribution is 2.25. The second-order valence-corrected chi connectivity index (χ2v) is 7.98. The van der Waals surface area contributed by atoms with Crippen molar-refractivity contribution in [2.45, 2.75) is 19.3 Å². The zero-order valence-corrected chi connectivity index (χ0v) is 16.9. The van der Waals surface area contributed by atoms with Crippen LogP contribution in [0, 0.1) is 0 Å². The van der Waals surface area contributed by atoms with Crippen LogP contribution < -0.4 is 5.32 Å². The molecule has 0 bridgehead atoms. The number of anilines is 1. The molecule has 1 amide bonds. The molecule has 1 atom stereocenters. The maximum atomic E-state index is 12.5. The van der Waals surface area contributed by atoms with Gasteiger partial charge >= 0.3 is 0 Å². The molecule has 3 aromatic carbocycles. The molecule has 5 heteroatoms. The van der Waals surface area contributed by atoms with Crippen molar-refractivity contribution in [1.29, 1.82) is 0 Å². The van der Waals surface area contributed by atoms with E-state index in [1.54, 1.807) is 0 Å². The molecule has 29 heavy (non-hydrogen) atoms. The summed E-state index contributed by atoms with van der Waals surface area (Å²) in [5.41, 5.74) is 4.07. The van der Waals surface area contributed by atoms with Crippen LogP contribution in [0.2, 0.25) is 0 Å². The Labute approximate surface area is 174 Å². The van der Waals surface area contributed by atoms with Gasteiger partial charge in [0.25, 0.3) is 5.91 Å². The lowest BCUT2D eigenvalue weighted by Crippen LogP contribution is -2.11. The first-order chi connectivity index (χ1) is 14.2. The second kappa shape index (κ2) is 8.80. The number of nitrogens with zero attached hydrogens (tertiary/aromatic N) is 2. The number of hydrogen-bond acceptors (Lipinski definition) is 4. The summed E-state index contributed by atoms with van der Waals surface area (Å²) in [5, 5.41) is 12.7. The maximum Gasteiger partial charge on any atom is 0.257 e. The summed E-state index contributed by atoms with van der Waals surface area (Å²) in [6, 6.07) is 28.0. The molecule has 4 rings (SSSR count). The molecule has 0 fully saturated rings. The monoisotopic (exact) mass is 399 g/mol. The van der Waals surface area contributed by atoms with Gasteiger partial charge in [0.05, 0.1) is 0 Å². The highest BCUT2D eigenvalue weighted by Gasteiger charge is 2.13. The van der Waals surface area contributed by atoms with Crippen LogP contribution in [0.15, 0.2) is 84.9 Å². The highest BCUT2D eigenvalue weighted by molar-refractivity contribution is 7.15. The van der Waals surface area contributed by atoms with Crippen LogP contribution in [0.3, 0.4) is 0 Å². The van der Waals surface area contributed by atoms with Gasteiger partial charge in [0.2, 0.25) is 5.13 Å². The Kier molecular flexibility index (Phi) is 5.77. The predicted molar refractivity (Wildman–Crippen MR) is 118 cm³/mol. The summed E-state index contributed by atoms with van der Waals surface area (Å²) in [6.07, 6.45) is 0.795. The molecule has 0 aliphatic carbocycles. The molecule has 144 valence electrons. The first-order valence-corrected chi connectivity index (χ1v) is 10.3. The Morgan fingerprint density at radius 3 is 2.17 bits per heavy atom. The van der Waals surface area contributed by atoms with E-state index in [1.807, 2.05) is 72.8 Å². The molecule has 0 radical (unpaired) electrons. The Balaban J connectivity index is 1.39. The fourth-order valence-corrected chi connectivity index (χ4v) is 4.03. The summed E-state index contributed by atoms with van der Waals surface area (Å²) in [5.74, 6) is 0.168. The van der Waals surface area contributed by atoms with E-state index in [-0.39, 0.29) is 5.91 Å². The average Bonchev–Trinajstić information content (AvgIpc) is 3.21. The third-order valence-electron chi connectivity index (χ3n) is 4.79. The van der Waals surface area contributed by atoms with Gasteiger partial charge in [-0.3, -0.25) is 10.1 Å². The van der Waals surface area contributed by atoms with Crippen LogP contribution in [0.5, 0.6) is 0 Å². The first-order valence-electron chi connectivity index (χ1n) is 9.53. The molecular weight excluding hydrogens is 378 g/mol. The van der Waals surface area contributed by atoms with Crippen LogP contribution in [0.1, 0.15) is 33.8 Å². The third-order valence-corrected chi connectivity index (χ3v) is 5.65. The fourth-order valence-electron chi connectivity index (χ4n) is 3.16. The van der Waals surface area contributed by atoms with Crippen molar-refractivity contribution in [2.24, 2.45) is 0 Å². The van der Waals surface area contributed by atoms with E-state index in [4.69, 9.17) is 0 Å². The molecule has 1 N–H and O–H groups in total. The van der Waals surface area contributed by atoms with Crippen molar-refractivity contribution in [3.8, 4) is 11.1 Å². The van der Waals surface area contributed by atoms with Crippen LogP contribution >= 0.6 is 11.3 Å². The minimum Gasteiger partial charge on any atom is -0.296 e. The quantitative estimate of drug-likeness (QED) is 0.445. The van der Waals surface area contributed by atoms with Crippen molar-refractivity contribution in [3.05, 3.63) is 101 Å². The van der Waals surface area contributed by atoms with E-state index in [9.17, 15) is 4.79 Å². The Morgan fingerprint density at radius 1 is 0.862 bits per heavy atom. The van der Waals surface area contributed by atoms with Crippen LogP contribution in [-0.4, -0.2) is 16.1 Å². The van der Waals surface area contributed by atoms with Gasteiger partial charge in [-0.15, -0.1) is 10.2 Å². The molecule has 0 aliphatic rings. The van der Waals surface area contributed by atoms with E-state index >= 15 is 0 Å². The van der Waals surface area contributed by atoms with Gasteiger partial charge in [0, 0.05) is 12.0 Å². The summed E-state index contributed by atoms with van der Waals surface area (Å²) < 4.78 is 0. The third kappa shape index (κ3) is 4.76. The van der Waals surface area contributed by atoms with Gasteiger partial charge in [-0.2, -0.15) is 0 Å². The van der Waals surface area contributed by atoms with Crippen LogP contribution in [-0.2, 0) is 6.42 Å². The van der Waals surface area contributed by atoms with Crippen molar-refractivity contribution < 1.29 is 4.79 Å². The summed E-state index contributed by atoms with van der Waals surface area (Å²) in [6.45, 7) is 2.17. The van der Waals surface area contributed by atoms with Gasteiger partial charge in [-0.05, 0) is 34.7 Å². The van der Waals surface area contributed by atoms with Gasteiger partial charge in [0.1, 0.15) is 5.01 Å². The van der Waals surface area contributed by atoms with Crippen LogP contribution in [0.25, 0.3) is 11.1 Å².